The molecule has 1 aliphatic heterocycles. The Bertz CT molecular complexity index is 1070. The van der Waals surface area contributed by atoms with Gasteiger partial charge in [-0.2, -0.15) is 0 Å². The van der Waals surface area contributed by atoms with Crippen molar-refractivity contribution in [2.75, 3.05) is 6.61 Å². The standard InChI is InChI=1S/C28H43N5O5/c1-3-4-5-6-7-8-9-10-11-12-13-14-15-16-17-18-26(34)37-21-24-23(31-32-29)19-25(38-24)33-20-22(2)27(35)30-28(33)36/h7-8,10-11,20,23-25H,3-6,9,12-19,21H2,1-2H3,(H,30,35,36)/b8-7-,11-10-/t23-,24+,25+/m0/s1. The van der Waals surface area contributed by atoms with E-state index in [1.807, 2.05) is 0 Å². The highest BCUT2D eigenvalue weighted by Gasteiger charge is 2.37. The largest absolute Gasteiger partial charge is 0.463 e. The second-order valence-electron chi connectivity index (χ2n) is 9.78. The van der Waals surface area contributed by atoms with Gasteiger partial charge >= 0.3 is 11.7 Å². The van der Waals surface area contributed by atoms with Gasteiger partial charge < -0.3 is 9.47 Å². The summed E-state index contributed by atoms with van der Waals surface area (Å²) in [7, 11) is 0. The molecule has 38 heavy (non-hydrogen) atoms. The molecule has 0 spiro atoms. The van der Waals surface area contributed by atoms with Crippen molar-refractivity contribution in [1.82, 2.24) is 9.55 Å². The van der Waals surface area contributed by atoms with Crippen molar-refractivity contribution in [2.24, 2.45) is 5.11 Å². The van der Waals surface area contributed by atoms with E-state index in [9.17, 15) is 14.4 Å². The average molecular weight is 530 g/mol. The second kappa shape index (κ2) is 18.2. The number of nitrogens with zero attached hydrogens (tertiary/aromatic N) is 4. The van der Waals surface area contributed by atoms with Gasteiger partial charge in [-0.3, -0.25) is 19.1 Å². The van der Waals surface area contributed by atoms with E-state index in [2.05, 4.69) is 46.2 Å². The zero-order chi connectivity index (χ0) is 27.6. The van der Waals surface area contributed by atoms with Crippen LogP contribution in [0.15, 0.2) is 45.2 Å². The van der Waals surface area contributed by atoms with Crippen molar-refractivity contribution in [3.05, 3.63) is 67.3 Å². The molecule has 0 radical (unpaired) electrons. The summed E-state index contributed by atoms with van der Waals surface area (Å²) in [4.78, 5) is 41.1. The molecule has 0 bridgehead atoms. The molecule has 0 amide bonds. The van der Waals surface area contributed by atoms with Gasteiger partial charge in [0, 0.05) is 29.5 Å². The number of hydrogen-bond donors (Lipinski definition) is 1. The van der Waals surface area contributed by atoms with Crippen LogP contribution < -0.4 is 11.2 Å². The predicted molar refractivity (Wildman–Crippen MR) is 148 cm³/mol. The summed E-state index contributed by atoms with van der Waals surface area (Å²) in [5.41, 5.74) is 8.18. The highest BCUT2D eigenvalue weighted by molar-refractivity contribution is 5.69. The van der Waals surface area contributed by atoms with E-state index in [1.165, 1.54) is 36.4 Å². The molecular weight excluding hydrogens is 486 g/mol. The van der Waals surface area contributed by atoms with Crippen molar-refractivity contribution in [1.29, 1.82) is 0 Å². The Labute approximate surface area is 224 Å². The number of H-pyrrole nitrogens is 1. The number of carbonyl (C=O) groups excluding carboxylic acids is 1. The van der Waals surface area contributed by atoms with Crippen LogP contribution >= 0.6 is 0 Å². The van der Waals surface area contributed by atoms with Gasteiger partial charge in [-0.05, 0) is 51.0 Å². The van der Waals surface area contributed by atoms with E-state index in [0.717, 1.165) is 44.9 Å². The molecule has 1 aliphatic rings. The fourth-order valence-electron chi connectivity index (χ4n) is 4.35. The first kappa shape index (κ1) is 31.1. The number of aromatic nitrogens is 2. The van der Waals surface area contributed by atoms with Gasteiger partial charge in [0.15, 0.2) is 0 Å². The van der Waals surface area contributed by atoms with Gasteiger partial charge in [-0.15, -0.1) is 0 Å². The Kier molecular flexibility index (Phi) is 14.9. The lowest BCUT2D eigenvalue weighted by Gasteiger charge is -2.16. The molecule has 2 rings (SSSR count). The number of carbonyl (C=O) groups is 1. The summed E-state index contributed by atoms with van der Waals surface area (Å²) >= 11 is 0. The molecule has 0 unspecified atom stereocenters. The van der Waals surface area contributed by atoms with Gasteiger partial charge in [-0.25, -0.2) is 4.79 Å². The molecule has 10 nitrogen and oxygen atoms in total. The average Bonchev–Trinajstić information content (AvgIpc) is 3.29. The minimum absolute atomic E-state index is 0.0592. The van der Waals surface area contributed by atoms with E-state index in [0.29, 0.717) is 12.0 Å². The topological polar surface area (TPSA) is 139 Å². The number of azide groups is 1. The van der Waals surface area contributed by atoms with Gasteiger partial charge in [0.1, 0.15) is 18.9 Å². The van der Waals surface area contributed by atoms with Gasteiger partial charge in [0.05, 0.1) is 6.04 Å². The normalized spacial score (nSPS) is 19.3. The van der Waals surface area contributed by atoms with E-state index in [-0.39, 0.29) is 19.0 Å². The van der Waals surface area contributed by atoms with E-state index >= 15 is 0 Å². The lowest BCUT2D eigenvalue weighted by atomic mass is 10.1. The molecule has 0 saturated carbocycles. The summed E-state index contributed by atoms with van der Waals surface area (Å²) in [6.45, 7) is 3.75. The molecule has 2 heterocycles. The molecule has 1 aromatic heterocycles. The minimum atomic E-state index is -0.723. The van der Waals surface area contributed by atoms with Gasteiger partial charge in [0.2, 0.25) is 0 Å². The molecule has 3 atom stereocenters. The molecule has 0 aromatic carbocycles. The van der Waals surface area contributed by atoms with E-state index in [1.54, 1.807) is 6.92 Å². The lowest BCUT2D eigenvalue weighted by Crippen LogP contribution is -2.33. The molecule has 1 N–H and O–H groups in total. The monoisotopic (exact) mass is 529 g/mol. The number of ether oxygens (including phenoxy) is 2. The number of unbranched alkanes of at least 4 members (excludes halogenated alkanes) is 8. The third-order valence-corrected chi connectivity index (χ3v) is 6.60. The Morgan fingerprint density at radius 1 is 1.13 bits per heavy atom. The quantitative estimate of drug-likeness (QED) is 0.0605. The Balaban J connectivity index is 1.59. The van der Waals surface area contributed by atoms with Crippen LogP contribution in [0.2, 0.25) is 0 Å². The molecule has 210 valence electrons. The number of hydrogen-bond acceptors (Lipinski definition) is 6. The smallest absolute Gasteiger partial charge is 0.330 e. The predicted octanol–water partition coefficient (Wildman–Crippen LogP) is 6.17. The number of nitrogens with one attached hydrogen (secondary N) is 1. The van der Waals surface area contributed by atoms with Crippen molar-refractivity contribution < 1.29 is 14.3 Å². The van der Waals surface area contributed by atoms with E-state index < -0.39 is 29.6 Å². The van der Waals surface area contributed by atoms with Gasteiger partial charge in [-0.1, -0.05) is 68.4 Å². The number of aryl methyl sites for hydroxylation is 1. The Morgan fingerprint density at radius 2 is 1.82 bits per heavy atom. The first-order valence-electron chi connectivity index (χ1n) is 13.9. The fourth-order valence-corrected chi connectivity index (χ4v) is 4.35. The van der Waals surface area contributed by atoms with Crippen LogP contribution in [0.25, 0.3) is 10.4 Å². The zero-order valence-electron chi connectivity index (χ0n) is 22.8. The first-order chi connectivity index (χ1) is 18.5. The zero-order valence-corrected chi connectivity index (χ0v) is 22.8. The maximum absolute atomic E-state index is 12.2. The maximum atomic E-state index is 12.2. The van der Waals surface area contributed by atoms with Crippen molar-refractivity contribution in [3.63, 3.8) is 0 Å². The van der Waals surface area contributed by atoms with E-state index in [4.69, 9.17) is 15.0 Å². The molecular formula is C28H43N5O5. The molecule has 1 saturated heterocycles. The molecule has 1 aromatic rings. The third kappa shape index (κ3) is 11.5. The van der Waals surface area contributed by atoms with Crippen LogP contribution in [0.5, 0.6) is 0 Å². The van der Waals surface area contributed by atoms with Crippen molar-refractivity contribution in [2.45, 2.75) is 116 Å². The van der Waals surface area contributed by atoms with Crippen LogP contribution in [0.3, 0.4) is 0 Å². The van der Waals surface area contributed by atoms with Crippen LogP contribution in [0.1, 0.15) is 102 Å². The van der Waals surface area contributed by atoms with Gasteiger partial charge in [0.25, 0.3) is 5.56 Å². The summed E-state index contributed by atoms with van der Waals surface area (Å²) in [5.74, 6) is -0.320. The SMILES string of the molecule is CCCCC/C=C\C/C=C\CCCCCCCC(=O)OC[C@H]1O[C@@H](n2cc(C)c(=O)[nH]c2=O)C[C@@H]1N=[N+]=[N-]. The second-order valence-corrected chi connectivity index (χ2v) is 9.78. The van der Waals surface area contributed by atoms with Crippen LogP contribution in [0.4, 0.5) is 0 Å². The Morgan fingerprint density at radius 3 is 2.53 bits per heavy atom. The Hall–Kier alpha value is -3.10. The summed E-state index contributed by atoms with van der Waals surface area (Å²) < 4.78 is 12.5. The summed E-state index contributed by atoms with van der Waals surface area (Å²) in [6.07, 6.45) is 21.8. The lowest BCUT2D eigenvalue weighted by molar-refractivity contribution is -0.148. The van der Waals surface area contributed by atoms with Crippen LogP contribution in [0, 0.1) is 6.92 Å². The fraction of sp³-hybridized carbons (Fsp3) is 0.679. The third-order valence-electron chi connectivity index (χ3n) is 6.60. The number of allylic oxidation sites excluding steroid dienone is 4. The maximum Gasteiger partial charge on any atom is 0.330 e. The highest BCUT2D eigenvalue weighted by Crippen LogP contribution is 2.30. The van der Waals surface area contributed by atoms with Crippen LogP contribution in [-0.4, -0.2) is 34.3 Å². The molecule has 0 aliphatic carbocycles. The number of rotatable bonds is 18. The van der Waals surface area contributed by atoms with Crippen molar-refractivity contribution in [3.8, 4) is 0 Å². The minimum Gasteiger partial charge on any atom is -0.463 e. The number of esters is 1. The summed E-state index contributed by atoms with van der Waals surface area (Å²) in [5, 5.41) is 3.74. The van der Waals surface area contributed by atoms with Crippen LogP contribution in [-0.2, 0) is 14.3 Å². The highest BCUT2D eigenvalue weighted by atomic mass is 16.6. The first-order valence-corrected chi connectivity index (χ1v) is 13.9. The number of aromatic amines is 1. The molecule has 10 heteroatoms. The molecule has 1 fully saturated rings. The summed E-state index contributed by atoms with van der Waals surface area (Å²) in [6, 6.07) is -0.590. The van der Waals surface area contributed by atoms with Crippen molar-refractivity contribution >= 4 is 5.97 Å².